The molecule has 0 aromatic rings. The Bertz CT molecular complexity index is 457. The number of aliphatic carboxylic acids is 1. The topological polar surface area (TPSA) is 104 Å². The van der Waals surface area contributed by atoms with Crippen molar-refractivity contribution >= 4 is 24.1 Å². The molecule has 1 rings (SSSR count). The Morgan fingerprint density at radius 3 is 2.55 bits per heavy atom. The zero-order valence-electron chi connectivity index (χ0n) is 12.6. The number of ketones is 1. The molecule has 22 heavy (non-hydrogen) atoms. The SMILES string of the molecule is CC(NC(=O)C1CCCN1C=O)C(=O)C(CF)C(C)C(=O)O. The minimum atomic E-state index is -1.31. The van der Waals surface area contributed by atoms with E-state index in [9.17, 15) is 23.6 Å². The monoisotopic (exact) mass is 316 g/mol. The van der Waals surface area contributed by atoms with Gasteiger partial charge in [0.25, 0.3) is 0 Å². The molecule has 2 N–H and O–H groups in total. The third-order valence-corrected chi connectivity index (χ3v) is 4.04. The molecule has 2 amide bonds. The van der Waals surface area contributed by atoms with Crippen LogP contribution in [0.15, 0.2) is 0 Å². The largest absolute Gasteiger partial charge is 0.481 e. The molecule has 0 aromatic carbocycles. The normalized spacial score (nSPS) is 21.8. The quantitative estimate of drug-likeness (QED) is 0.613. The number of carboxylic acid groups (broad SMARTS) is 1. The van der Waals surface area contributed by atoms with E-state index >= 15 is 0 Å². The smallest absolute Gasteiger partial charge is 0.307 e. The lowest BCUT2D eigenvalue weighted by molar-refractivity contribution is -0.147. The number of amides is 2. The average Bonchev–Trinajstić information content (AvgIpc) is 2.95. The third kappa shape index (κ3) is 4.02. The van der Waals surface area contributed by atoms with Crippen LogP contribution in [0.1, 0.15) is 26.7 Å². The summed E-state index contributed by atoms with van der Waals surface area (Å²) in [5.41, 5.74) is 0. The van der Waals surface area contributed by atoms with Gasteiger partial charge in [0, 0.05) is 6.54 Å². The van der Waals surface area contributed by atoms with Crippen molar-refractivity contribution in [1.29, 1.82) is 0 Å². The van der Waals surface area contributed by atoms with Gasteiger partial charge in [-0.3, -0.25) is 23.6 Å². The van der Waals surface area contributed by atoms with Crippen molar-refractivity contribution in [2.24, 2.45) is 11.8 Å². The summed E-state index contributed by atoms with van der Waals surface area (Å²) in [6.45, 7) is 2.02. The molecule has 0 aromatic heterocycles. The van der Waals surface area contributed by atoms with Gasteiger partial charge in [-0.05, 0) is 19.8 Å². The van der Waals surface area contributed by atoms with Gasteiger partial charge in [-0.1, -0.05) is 6.92 Å². The number of hydrogen-bond acceptors (Lipinski definition) is 4. The Morgan fingerprint density at radius 1 is 1.41 bits per heavy atom. The van der Waals surface area contributed by atoms with E-state index in [1.54, 1.807) is 0 Å². The van der Waals surface area contributed by atoms with Crippen LogP contribution >= 0.6 is 0 Å². The Morgan fingerprint density at radius 2 is 2.05 bits per heavy atom. The third-order valence-electron chi connectivity index (χ3n) is 4.04. The Labute approximate surface area is 127 Å². The maximum absolute atomic E-state index is 13.0. The second kappa shape index (κ2) is 7.86. The maximum Gasteiger partial charge on any atom is 0.307 e. The fourth-order valence-electron chi connectivity index (χ4n) is 2.53. The minimum Gasteiger partial charge on any atom is -0.481 e. The number of Topliss-reactive ketones (excluding diaryl/α,β-unsaturated/α-hetero) is 1. The van der Waals surface area contributed by atoms with Crippen LogP contribution in [-0.2, 0) is 19.2 Å². The molecular weight excluding hydrogens is 295 g/mol. The van der Waals surface area contributed by atoms with Crippen LogP contribution in [0.2, 0.25) is 0 Å². The summed E-state index contributed by atoms with van der Waals surface area (Å²) in [6, 6.07) is -1.64. The van der Waals surface area contributed by atoms with Crippen LogP contribution in [0.5, 0.6) is 0 Å². The number of carbonyl (C=O) groups excluding carboxylic acids is 3. The van der Waals surface area contributed by atoms with Crippen LogP contribution < -0.4 is 5.32 Å². The standard InChI is InChI=1S/C14H21FN2O5/c1-8(14(21)22)10(6-15)12(19)9(2)16-13(20)11-4-3-5-17(11)7-18/h7-11H,3-6H2,1-2H3,(H,16,20)(H,21,22). The molecule has 124 valence electrons. The molecule has 4 unspecified atom stereocenters. The van der Waals surface area contributed by atoms with Crippen LogP contribution in [0.4, 0.5) is 4.39 Å². The molecule has 0 bridgehead atoms. The first-order valence-corrected chi connectivity index (χ1v) is 7.17. The summed E-state index contributed by atoms with van der Waals surface area (Å²) in [7, 11) is 0. The van der Waals surface area contributed by atoms with E-state index in [0.29, 0.717) is 25.8 Å². The van der Waals surface area contributed by atoms with E-state index in [1.165, 1.54) is 18.7 Å². The molecule has 1 saturated heterocycles. The lowest BCUT2D eigenvalue weighted by Gasteiger charge is -2.24. The van der Waals surface area contributed by atoms with Crippen molar-refractivity contribution < 1.29 is 28.7 Å². The van der Waals surface area contributed by atoms with Crippen LogP contribution in [0, 0.1) is 11.8 Å². The second-order valence-electron chi connectivity index (χ2n) is 5.52. The number of nitrogens with zero attached hydrogens (tertiary/aromatic N) is 1. The molecule has 1 aliphatic rings. The van der Waals surface area contributed by atoms with Crippen molar-refractivity contribution in [2.75, 3.05) is 13.2 Å². The number of hydrogen-bond donors (Lipinski definition) is 2. The van der Waals surface area contributed by atoms with Crippen molar-refractivity contribution in [3.8, 4) is 0 Å². The van der Waals surface area contributed by atoms with E-state index in [4.69, 9.17) is 5.11 Å². The van der Waals surface area contributed by atoms with Gasteiger partial charge in [0.1, 0.15) is 12.7 Å². The molecule has 0 saturated carbocycles. The number of carboxylic acids is 1. The molecule has 7 nitrogen and oxygen atoms in total. The summed E-state index contributed by atoms with van der Waals surface area (Å²) in [5.74, 6) is -4.89. The van der Waals surface area contributed by atoms with Crippen molar-refractivity contribution in [3.05, 3.63) is 0 Å². The number of nitrogens with one attached hydrogen (secondary N) is 1. The molecule has 1 fully saturated rings. The highest BCUT2D eigenvalue weighted by Gasteiger charge is 2.35. The van der Waals surface area contributed by atoms with Crippen LogP contribution in [0.3, 0.4) is 0 Å². The first-order chi connectivity index (χ1) is 10.3. The molecule has 4 atom stereocenters. The van der Waals surface area contributed by atoms with Crippen LogP contribution in [0.25, 0.3) is 0 Å². The first-order valence-electron chi connectivity index (χ1n) is 7.17. The number of alkyl halides is 1. The molecule has 1 heterocycles. The Balaban J connectivity index is 2.68. The number of rotatable bonds is 8. The van der Waals surface area contributed by atoms with E-state index in [0.717, 1.165) is 0 Å². The fourth-order valence-corrected chi connectivity index (χ4v) is 2.53. The van der Waals surface area contributed by atoms with Gasteiger partial charge in [0.05, 0.1) is 17.9 Å². The predicted molar refractivity (Wildman–Crippen MR) is 74.7 cm³/mol. The molecular formula is C14H21FN2O5. The highest BCUT2D eigenvalue weighted by atomic mass is 19.1. The summed E-state index contributed by atoms with van der Waals surface area (Å²) in [5, 5.41) is 11.3. The summed E-state index contributed by atoms with van der Waals surface area (Å²) in [4.78, 5) is 47.2. The van der Waals surface area contributed by atoms with Gasteiger partial charge < -0.3 is 15.3 Å². The highest BCUT2D eigenvalue weighted by molar-refractivity contribution is 5.94. The van der Waals surface area contributed by atoms with Crippen molar-refractivity contribution in [1.82, 2.24) is 10.2 Å². The van der Waals surface area contributed by atoms with E-state index in [1.807, 2.05) is 0 Å². The van der Waals surface area contributed by atoms with Gasteiger partial charge in [0.15, 0.2) is 5.78 Å². The Hall–Kier alpha value is -1.99. The van der Waals surface area contributed by atoms with Crippen molar-refractivity contribution in [3.63, 3.8) is 0 Å². The predicted octanol–water partition coefficient (Wildman–Crippen LogP) is -0.0126. The number of carbonyl (C=O) groups is 4. The first kappa shape index (κ1) is 18.1. The van der Waals surface area contributed by atoms with Crippen LogP contribution in [-0.4, -0.2) is 59.4 Å². The summed E-state index contributed by atoms with van der Waals surface area (Å²) < 4.78 is 13.0. The zero-order valence-corrected chi connectivity index (χ0v) is 12.6. The van der Waals surface area contributed by atoms with Gasteiger partial charge in [0.2, 0.25) is 12.3 Å². The van der Waals surface area contributed by atoms with Crippen molar-refractivity contribution in [2.45, 2.75) is 38.8 Å². The van der Waals surface area contributed by atoms with Gasteiger partial charge in [-0.15, -0.1) is 0 Å². The summed E-state index contributed by atoms with van der Waals surface area (Å²) in [6.07, 6.45) is 1.78. The minimum absolute atomic E-state index is 0.479. The van der Waals surface area contributed by atoms with E-state index in [2.05, 4.69) is 5.32 Å². The zero-order chi connectivity index (χ0) is 16.9. The molecule has 8 heteroatoms. The summed E-state index contributed by atoms with van der Waals surface area (Å²) >= 11 is 0. The van der Waals surface area contributed by atoms with Gasteiger partial charge in [-0.25, -0.2) is 0 Å². The molecule has 0 spiro atoms. The highest BCUT2D eigenvalue weighted by Crippen LogP contribution is 2.18. The molecule has 0 radical (unpaired) electrons. The number of halogens is 1. The van der Waals surface area contributed by atoms with Gasteiger partial charge >= 0.3 is 5.97 Å². The molecule has 1 aliphatic heterocycles. The fraction of sp³-hybridized carbons (Fsp3) is 0.714. The van der Waals surface area contributed by atoms with E-state index < -0.39 is 48.3 Å². The molecule has 0 aliphatic carbocycles. The second-order valence-corrected chi connectivity index (χ2v) is 5.52. The maximum atomic E-state index is 13.0. The number of likely N-dealkylation sites (tertiary alicyclic amines) is 1. The van der Waals surface area contributed by atoms with E-state index in [-0.39, 0.29) is 0 Å². The average molecular weight is 316 g/mol. The Kier molecular flexibility index (Phi) is 6.45. The lowest BCUT2D eigenvalue weighted by atomic mass is 9.88. The lowest BCUT2D eigenvalue weighted by Crippen LogP contribution is -2.50. The van der Waals surface area contributed by atoms with Gasteiger partial charge in [-0.2, -0.15) is 0 Å².